The predicted molar refractivity (Wildman–Crippen MR) is 105 cm³/mol. The maximum Gasteiger partial charge on any atom is 0.233 e. The molecule has 156 valence electrons. The average molecular weight is 413 g/mol. The normalized spacial score (nSPS) is 27.9. The van der Waals surface area contributed by atoms with Crippen molar-refractivity contribution >= 4 is 0 Å². The molecule has 7 nitrogen and oxygen atoms in total. The van der Waals surface area contributed by atoms with Crippen molar-refractivity contribution < 1.29 is 18.6 Å². The van der Waals surface area contributed by atoms with Crippen molar-refractivity contribution in [3.05, 3.63) is 48.3 Å². The number of hydrogen-bond acceptors (Lipinski definition) is 6. The standard InChI is InChI=1S/C21H21F2N5O2/c1-11-6-7-28(27-11)12-2-3-14(18(29)8-12)15-4-5-19(26-25-15)30-13-9-16-20(22)21(23)17(10-13)24-16/h2-8,13,16-17,20-21,24,29H,9-10H2,1H3. The van der Waals surface area contributed by atoms with Gasteiger partial charge in [-0.25, -0.2) is 13.5 Å². The summed E-state index contributed by atoms with van der Waals surface area (Å²) < 4.78 is 35.2. The molecule has 9 heteroatoms. The van der Waals surface area contributed by atoms with Gasteiger partial charge in [0.1, 0.15) is 24.2 Å². The van der Waals surface area contributed by atoms with Gasteiger partial charge in [-0.1, -0.05) is 0 Å². The van der Waals surface area contributed by atoms with E-state index in [1.807, 2.05) is 25.3 Å². The van der Waals surface area contributed by atoms with E-state index in [0.29, 0.717) is 30.0 Å². The summed E-state index contributed by atoms with van der Waals surface area (Å²) in [5.74, 6) is 0.348. The van der Waals surface area contributed by atoms with E-state index in [0.717, 1.165) is 11.4 Å². The van der Waals surface area contributed by atoms with Crippen molar-refractivity contribution in [2.75, 3.05) is 0 Å². The van der Waals surface area contributed by atoms with Crippen molar-refractivity contribution in [2.24, 2.45) is 0 Å². The number of phenols is 1. The number of nitrogens with zero attached hydrogens (tertiary/aromatic N) is 4. The van der Waals surface area contributed by atoms with E-state index in [4.69, 9.17) is 4.74 Å². The zero-order valence-electron chi connectivity index (χ0n) is 16.2. The zero-order valence-corrected chi connectivity index (χ0v) is 16.2. The summed E-state index contributed by atoms with van der Waals surface area (Å²) >= 11 is 0. The second kappa shape index (κ2) is 7.32. The lowest BCUT2D eigenvalue weighted by atomic mass is 10.0. The lowest BCUT2D eigenvalue weighted by molar-refractivity contribution is 0.121. The summed E-state index contributed by atoms with van der Waals surface area (Å²) in [4.78, 5) is 0. The summed E-state index contributed by atoms with van der Waals surface area (Å²) in [5, 5.41) is 25.9. The van der Waals surface area contributed by atoms with Crippen molar-refractivity contribution in [3.63, 3.8) is 0 Å². The third kappa shape index (κ3) is 3.39. The molecule has 0 spiro atoms. The minimum atomic E-state index is -1.49. The molecule has 2 aromatic heterocycles. The quantitative estimate of drug-likeness (QED) is 0.684. The van der Waals surface area contributed by atoms with Crippen LogP contribution in [0.2, 0.25) is 0 Å². The van der Waals surface area contributed by atoms with Crippen molar-refractivity contribution in [1.82, 2.24) is 25.3 Å². The lowest BCUT2D eigenvalue weighted by Gasteiger charge is -2.28. The molecular weight excluding hydrogens is 392 g/mol. The minimum absolute atomic E-state index is 0.0570. The third-order valence-corrected chi connectivity index (χ3v) is 5.71. The van der Waals surface area contributed by atoms with Crippen LogP contribution in [0.25, 0.3) is 16.9 Å². The Labute approximate surface area is 171 Å². The second-order valence-corrected chi connectivity index (χ2v) is 7.84. The van der Waals surface area contributed by atoms with Crippen LogP contribution >= 0.6 is 0 Å². The molecule has 4 atom stereocenters. The molecular formula is C21H21F2N5O2. The summed E-state index contributed by atoms with van der Waals surface area (Å²) in [6, 6.07) is 9.37. The van der Waals surface area contributed by atoms with Crippen molar-refractivity contribution in [2.45, 2.75) is 50.3 Å². The van der Waals surface area contributed by atoms with Gasteiger partial charge in [-0.2, -0.15) is 5.10 Å². The molecule has 2 aliphatic heterocycles. The SMILES string of the molecule is Cc1ccn(-c2ccc(-c3ccc(OC4CC5NC(C4)C(F)C5F)nn3)c(O)c2)n1. The van der Waals surface area contributed by atoms with Crippen LogP contribution in [-0.4, -0.2) is 55.6 Å². The highest BCUT2D eigenvalue weighted by molar-refractivity contribution is 5.68. The van der Waals surface area contributed by atoms with E-state index in [1.54, 1.807) is 28.9 Å². The first-order valence-electron chi connectivity index (χ1n) is 9.88. The van der Waals surface area contributed by atoms with Crippen LogP contribution in [-0.2, 0) is 0 Å². The maximum atomic E-state index is 13.9. The number of phenolic OH excluding ortho intramolecular Hbond substituents is 1. The minimum Gasteiger partial charge on any atom is -0.507 e. The van der Waals surface area contributed by atoms with Crippen LogP contribution in [0.1, 0.15) is 18.5 Å². The number of ether oxygens (including phenoxy) is 1. The Morgan fingerprint density at radius 3 is 2.43 bits per heavy atom. The molecule has 5 rings (SSSR count). The summed E-state index contributed by atoms with van der Waals surface area (Å²) in [5.41, 5.74) is 2.63. The number of rotatable bonds is 4. The zero-order chi connectivity index (χ0) is 20.8. The predicted octanol–water partition coefficient (Wildman–Crippen LogP) is 2.90. The number of halogens is 2. The maximum absolute atomic E-state index is 13.9. The van der Waals surface area contributed by atoms with Gasteiger partial charge in [-0.05, 0) is 31.2 Å². The summed E-state index contributed by atoms with van der Waals surface area (Å²) in [6.07, 6.45) is -0.709. The molecule has 0 aliphatic carbocycles. The highest BCUT2D eigenvalue weighted by atomic mass is 19.2. The number of alkyl halides is 2. The van der Waals surface area contributed by atoms with Gasteiger partial charge in [0.05, 0.1) is 17.1 Å². The Bertz CT molecular complexity index is 1040. The molecule has 2 fully saturated rings. The molecule has 0 saturated carbocycles. The highest BCUT2D eigenvalue weighted by Gasteiger charge is 2.49. The Balaban J connectivity index is 1.29. The summed E-state index contributed by atoms with van der Waals surface area (Å²) in [6.45, 7) is 1.89. The Morgan fingerprint density at radius 1 is 1.07 bits per heavy atom. The van der Waals surface area contributed by atoms with Crippen molar-refractivity contribution in [3.8, 4) is 28.6 Å². The monoisotopic (exact) mass is 413 g/mol. The fourth-order valence-electron chi connectivity index (χ4n) is 4.19. The number of aromatic nitrogens is 4. The van der Waals surface area contributed by atoms with Gasteiger partial charge in [0.15, 0.2) is 0 Å². The van der Waals surface area contributed by atoms with Gasteiger partial charge in [-0.15, -0.1) is 10.2 Å². The van der Waals surface area contributed by atoms with Gasteiger partial charge in [0.2, 0.25) is 5.88 Å². The van der Waals surface area contributed by atoms with Gasteiger partial charge in [-0.3, -0.25) is 0 Å². The molecule has 1 aromatic carbocycles. The largest absolute Gasteiger partial charge is 0.507 e. The van der Waals surface area contributed by atoms with Crippen LogP contribution in [0.5, 0.6) is 11.6 Å². The van der Waals surface area contributed by atoms with Gasteiger partial charge in [0.25, 0.3) is 0 Å². The Hall–Kier alpha value is -3.07. The van der Waals surface area contributed by atoms with E-state index in [2.05, 4.69) is 20.6 Å². The molecule has 30 heavy (non-hydrogen) atoms. The second-order valence-electron chi connectivity index (χ2n) is 7.84. The van der Waals surface area contributed by atoms with Crippen molar-refractivity contribution in [1.29, 1.82) is 0 Å². The van der Waals surface area contributed by atoms with Gasteiger partial charge < -0.3 is 15.2 Å². The molecule has 0 amide bonds. The Morgan fingerprint density at radius 2 is 1.83 bits per heavy atom. The number of nitrogens with one attached hydrogen (secondary N) is 1. The molecule has 2 saturated heterocycles. The summed E-state index contributed by atoms with van der Waals surface area (Å²) in [7, 11) is 0. The number of hydrogen-bond donors (Lipinski definition) is 2. The smallest absolute Gasteiger partial charge is 0.233 e. The molecule has 2 aliphatic rings. The Kier molecular flexibility index (Phi) is 4.62. The van der Waals surface area contributed by atoms with E-state index < -0.39 is 24.4 Å². The number of aromatic hydroxyl groups is 1. The molecule has 2 bridgehead atoms. The van der Waals surface area contributed by atoms with E-state index in [1.165, 1.54) is 0 Å². The van der Waals surface area contributed by atoms with Crippen LogP contribution in [0, 0.1) is 6.92 Å². The van der Waals surface area contributed by atoms with E-state index in [9.17, 15) is 13.9 Å². The van der Waals surface area contributed by atoms with E-state index in [-0.39, 0.29) is 11.9 Å². The molecule has 3 aromatic rings. The third-order valence-electron chi connectivity index (χ3n) is 5.71. The van der Waals surface area contributed by atoms with E-state index >= 15 is 0 Å². The fourth-order valence-corrected chi connectivity index (χ4v) is 4.19. The molecule has 4 heterocycles. The van der Waals surface area contributed by atoms with Crippen LogP contribution in [0.15, 0.2) is 42.6 Å². The van der Waals surface area contributed by atoms with Crippen LogP contribution in [0.3, 0.4) is 0 Å². The number of benzene rings is 1. The number of piperidine rings is 1. The van der Waals surface area contributed by atoms with Gasteiger partial charge in [0, 0.05) is 48.8 Å². The highest BCUT2D eigenvalue weighted by Crippen LogP contribution is 2.34. The number of aryl methyl sites for hydroxylation is 1. The first-order valence-corrected chi connectivity index (χ1v) is 9.88. The van der Waals surface area contributed by atoms with Gasteiger partial charge >= 0.3 is 0 Å². The first-order chi connectivity index (χ1) is 14.5. The molecule has 2 N–H and O–H groups in total. The lowest BCUT2D eigenvalue weighted by Crippen LogP contribution is -2.44. The van der Waals surface area contributed by atoms with Crippen LogP contribution < -0.4 is 10.1 Å². The first kappa shape index (κ1) is 18.9. The number of fused-ring (bicyclic) bond motifs is 2. The molecule has 0 radical (unpaired) electrons. The topological polar surface area (TPSA) is 85.1 Å². The fraction of sp³-hybridized carbons (Fsp3) is 0.381. The average Bonchev–Trinajstić information content (AvgIpc) is 3.26. The molecule has 4 unspecified atom stereocenters. The van der Waals surface area contributed by atoms with Crippen LogP contribution in [0.4, 0.5) is 8.78 Å².